The van der Waals surface area contributed by atoms with E-state index in [0.29, 0.717) is 17.5 Å². The first-order valence-electron chi connectivity index (χ1n) is 7.58. The van der Waals surface area contributed by atoms with E-state index in [0.717, 1.165) is 30.9 Å². The maximum atomic E-state index is 5.36. The number of nitrogens with one attached hydrogen (secondary N) is 1. The molecule has 1 unspecified atom stereocenters. The van der Waals surface area contributed by atoms with Crippen molar-refractivity contribution < 1.29 is 9.05 Å². The monoisotopic (exact) mass is 311 g/mol. The molecule has 0 aliphatic carbocycles. The summed E-state index contributed by atoms with van der Waals surface area (Å²) in [7, 11) is 2.06. The number of rotatable bonds is 3. The first-order valence-corrected chi connectivity index (χ1v) is 7.58. The molecule has 0 bridgehead atoms. The molecule has 7 nitrogen and oxygen atoms in total. The molecule has 1 aliphatic heterocycles. The van der Waals surface area contributed by atoms with E-state index in [2.05, 4.69) is 32.6 Å². The minimum Gasteiger partial charge on any atom is -0.350 e. The molecule has 118 valence electrons. The summed E-state index contributed by atoms with van der Waals surface area (Å²) >= 11 is 0. The minimum absolute atomic E-state index is 0.109. The zero-order valence-corrected chi connectivity index (χ0v) is 12.8. The zero-order valence-electron chi connectivity index (χ0n) is 12.8. The van der Waals surface area contributed by atoms with E-state index in [1.807, 2.05) is 36.4 Å². The van der Waals surface area contributed by atoms with Crippen LogP contribution in [0.15, 0.2) is 45.4 Å². The Morgan fingerprint density at radius 1 is 1.17 bits per heavy atom. The average Bonchev–Trinajstić information content (AvgIpc) is 3.25. The summed E-state index contributed by atoms with van der Waals surface area (Å²) in [6.45, 7) is 2.73. The third-order valence-electron chi connectivity index (χ3n) is 4.04. The average molecular weight is 311 g/mol. The molecule has 0 radical (unpaired) electrons. The number of benzene rings is 1. The van der Waals surface area contributed by atoms with Crippen molar-refractivity contribution in [1.29, 1.82) is 0 Å². The van der Waals surface area contributed by atoms with Crippen LogP contribution in [0.5, 0.6) is 0 Å². The lowest BCUT2D eigenvalue weighted by Crippen LogP contribution is -2.44. The molecule has 0 saturated carbocycles. The summed E-state index contributed by atoms with van der Waals surface area (Å²) < 4.78 is 10.7. The van der Waals surface area contributed by atoms with E-state index in [1.165, 1.54) is 0 Å². The number of piperazine rings is 1. The van der Waals surface area contributed by atoms with Crippen molar-refractivity contribution in [3.63, 3.8) is 0 Å². The van der Waals surface area contributed by atoms with Gasteiger partial charge in [0, 0.05) is 31.3 Å². The second-order valence-electron chi connectivity index (χ2n) is 5.60. The lowest BCUT2D eigenvalue weighted by Gasteiger charge is -2.30. The molecule has 3 aromatic rings. The second kappa shape index (κ2) is 5.94. The van der Waals surface area contributed by atoms with Crippen LogP contribution in [-0.4, -0.2) is 46.9 Å². The first-order chi connectivity index (χ1) is 11.3. The third-order valence-corrected chi connectivity index (χ3v) is 4.04. The Morgan fingerprint density at radius 2 is 2.04 bits per heavy atom. The minimum atomic E-state index is 0.109. The molecule has 2 aromatic heterocycles. The molecule has 1 N–H and O–H groups in total. The highest BCUT2D eigenvalue weighted by Crippen LogP contribution is 2.26. The third kappa shape index (κ3) is 2.76. The molecule has 1 fully saturated rings. The molecule has 7 heteroatoms. The van der Waals surface area contributed by atoms with Crippen LogP contribution >= 0.6 is 0 Å². The van der Waals surface area contributed by atoms with Gasteiger partial charge in [0.05, 0.1) is 6.04 Å². The Kier molecular flexibility index (Phi) is 3.64. The molecule has 4 rings (SSSR count). The van der Waals surface area contributed by atoms with Crippen LogP contribution < -0.4 is 5.32 Å². The fraction of sp³-hybridized carbons (Fsp3) is 0.312. The van der Waals surface area contributed by atoms with E-state index < -0.39 is 0 Å². The van der Waals surface area contributed by atoms with Crippen LogP contribution in [0.2, 0.25) is 0 Å². The van der Waals surface area contributed by atoms with Gasteiger partial charge in [-0.25, -0.2) is 0 Å². The Hall–Kier alpha value is -2.51. The van der Waals surface area contributed by atoms with E-state index in [4.69, 9.17) is 9.05 Å². The van der Waals surface area contributed by atoms with E-state index in [9.17, 15) is 0 Å². The van der Waals surface area contributed by atoms with Crippen molar-refractivity contribution in [3.8, 4) is 22.9 Å². The Labute approximate surface area is 133 Å². The van der Waals surface area contributed by atoms with Gasteiger partial charge >= 0.3 is 0 Å². The number of likely N-dealkylation sites (N-methyl/N-ethyl adjacent to an activating group) is 1. The molecule has 23 heavy (non-hydrogen) atoms. The number of aromatic nitrogens is 3. The van der Waals surface area contributed by atoms with Crippen LogP contribution in [0.3, 0.4) is 0 Å². The Bertz CT molecular complexity index is 783. The van der Waals surface area contributed by atoms with Gasteiger partial charge < -0.3 is 14.4 Å². The smallest absolute Gasteiger partial charge is 0.296 e. The zero-order chi connectivity index (χ0) is 15.6. The lowest BCUT2D eigenvalue weighted by molar-refractivity contribution is 0.190. The number of hydrogen-bond donors (Lipinski definition) is 1. The molecule has 1 aliphatic rings. The molecule has 3 heterocycles. The fourth-order valence-electron chi connectivity index (χ4n) is 2.69. The molecule has 1 atom stereocenters. The van der Waals surface area contributed by atoms with Gasteiger partial charge in [-0.2, -0.15) is 4.98 Å². The van der Waals surface area contributed by atoms with Crippen molar-refractivity contribution in [2.75, 3.05) is 26.7 Å². The molecular weight excluding hydrogens is 294 g/mol. The number of nitrogens with zero attached hydrogens (tertiary/aromatic N) is 4. The highest BCUT2D eigenvalue weighted by molar-refractivity contribution is 5.62. The van der Waals surface area contributed by atoms with Crippen molar-refractivity contribution in [1.82, 2.24) is 25.5 Å². The van der Waals surface area contributed by atoms with E-state index in [1.54, 1.807) is 0 Å². The van der Waals surface area contributed by atoms with Gasteiger partial charge in [-0.15, -0.1) is 0 Å². The molecule has 0 amide bonds. The van der Waals surface area contributed by atoms with Crippen LogP contribution in [0.1, 0.15) is 11.9 Å². The maximum absolute atomic E-state index is 5.36. The standard InChI is InChI=1S/C16H17N5O2/c1-21-8-7-17-10-13(21)15-18-16(23-20-15)14-9-12(19-22-14)11-5-3-2-4-6-11/h2-6,9,13,17H,7-8,10H2,1H3. The summed E-state index contributed by atoms with van der Waals surface area (Å²) in [5, 5.41) is 11.5. The highest BCUT2D eigenvalue weighted by Gasteiger charge is 2.26. The highest BCUT2D eigenvalue weighted by atomic mass is 16.5. The van der Waals surface area contributed by atoms with Crippen molar-refractivity contribution >= 4 is 0 Å². The van der Waals surface area contributed by atoms with Crippen molar-refractivity contribution in [2.24, 2.45) is 0 Å². The van der Waals surface area contributed by atoms with Crippen LogP contribution in [-0.2, 0) is 0 Å². The van der Waals surface area contributed by atoms with Gasteiger partial charge in [0.2, 0.25) is 5.76 Å². The number of hydrogen-bond acceptors (Lipinski definition) is 7. The molecule has 1 aromatic carbocycles. The first kappa shape index (κ1) is 14.1. The van der Waals surface area contributed by atoms with Crippen LogP contribution in [0.4, 0.5) is 0 Å². The molecule has 1 saturated heterocycles. The summed E-state index contributed by atoms with van der Waals surface area (Å²) in [4.78, 5) is 6.68. The topological polar surface area (TPSA) is 80.2 Å². The fourth-order valence-corrected chi connectivity index (χ4v) is 2.69. The largest absolute Gasteiger partial charge is 0.350 e. The summed E-state index contributed by atoms with van der Waals surface area (Å²) in [6.07, 6.45) is 0. The van der Waals surface area contributed by atoms with Gasteiger partial charge in [0.25, 0.3) is 5.89 Å². The van der Waals surface area contributed by atoms with Crippen LogP contribution in [0, 0.1) is 0 Å². The van der Waals surface area contributed by atoms with Gasteiger partial charge in [0.15, 0.2) is 5.82 Å². The van der Waals surface area contributed by atoms with Crippen molar-refractivity contribution in [2.45, 2.75) is 6.04 Å². The lowest BCUT2D eigenvalue weighted by atomic mass is 10.1. The van der Waals surface area contributed by atoms with Gasteiger partial charge in [-0.05, 0) is 7.05 Å². The van der Waals surface area contributed by atoms with Gasteiger partial charge in [-0.3, -0.25) is 4.90 Å². The van der Waals surface area contributed by atoms with E-state index >= 15 is 0 Å². The van der Waals surface area contributed by atoms with Gasteiger partial charge in [0.1, 0.15) is 5.69 Å². The van der Waals surface area contributed by atoms with Crippen molar-refractivity contribution in [3.05, 3.63) is 42.2 Å². The summed E-state index contributed by atoms with van der Waals surface area (Å²) in [6, 6.07) is 11.8. The predicted octanol–water partition coefficient (Wildman–Crippen LogP) is 1.97. The Morgan fingerprint density at radius 3 is 2.87 bits per heavy atom. The molecular formula is C16H17N5O2. The normalized spacial score (nSPS) is 19.1. The van der Waals surface area contributed by atoms with Crippen LogP contribution in [0.25, 0.3) is 22.9 Å². The summed E-state index contributed by atoms with van der Waals surface area (Å²) in [5.74, 6) is 1.50. The second-order valence-corrected chi connectivity index (χ2v) is 5.60. The predicted molar refractivity (Wildman–Crippen MR) is 83.5 cm³/mol. The van der Waals surface area contributed by atoms with Gasteiger partial charge in [-0.1, -0.05) is 40.6 Å². The quantitative estimate of drug-likeness (QED) is 0.792. The SMILES string of the molecule is CN1CCNCC1c1noc(-c2cc(-c3ccccc3)no2)n1. The molecule has 0 spiro atoms. The Balaban J connectivity index is 1.59. The summed E-state index contributed by atoms with van der Waals surface area (Å²) in [5.41, 5.74) is 1.73. The van der Waals surface area contributed by atoms with E-state index in [-0.39, 0.29) is 6.04 Å². The maximum Gasteiger partial charge on any atom is 0.296 e.